The first-order valence-corrected chi connectivity index (χ1v) is 6.61. The second-order valence-electron chi connectivity index (χ2n) is 4.78. The quantitative estimate of drug-likeness (QED) is 0.586. The van der Waals surface area contributed by atoms with Crippen LogP contribution in [-0.4, -0.2) is 10.8 Å². The second-order valence-corrected chi connectivity index (χ2v) is 4.78. The van der Waals surface area contributed by atoms with Crippen LogP contribution in [0.2, 0.25) is 0 Å². The summed E-state index contributed by atoms with van der Waals surface area (Å²) in [4.78, 5) is 22.8. The highest BCUT2D eigenvalue weighted by atomic mass is 16.6. The molecule has 3 aromatic rings. The number of anilines is 1. The molecular formula is C16H12N2O4. The zero-order valence-electron chi connectivity index (χ0n) is 11.7. The number of nitro groups is 1. The number of fused-ring (bicyclic) bond motifs is 1. The van der Waals surface area contributed by atoms with Crippen molar-refractivity contribution >= 4 is 28.3 Å². The van der Waals surface area contributed by atoms with Gasteiger partial charge in [-0.25, -0.2) is 0 Å². The summed E-state index contributed by atoms with van der Waals surface area (Å²) in [6.45, 7) is 1.78. The van der Waals surface area contributed by atoms with Gasteiger partial charge in [0.2, 0.25) is 0 Å². The lowest BCUT2D eigenvalue weighted by atomic mass is 10.1. The molecule has 0 fully saturated rings. The Morgan fingerprint density at radius 2 is 1.82 bits per heavy atom. The number of para-hydroxylation sites is 3. The Balaban J connectivity index is 1.98. The number of benzene rings is 2. The molecule has 0 saturated heterocycles. The van der Waals surface area contributed by atoms with Crippen LogP contribution < -0.4 is 5.32 Å². The van der Waals surface area contributed by atoms with Crippen LogP contribution in [0.15, 0.2) is 52.9 Å². The van der Waals surface area contributed by atoms with Gasteiger partial charge in [0.25, 0.3) is 11.6 Å². The van der Waals surface area contributed by atoms with Crippen LogP contribution >= 0.6 is 0 Å². The number of hydrogen-bond acceptors (Lipinski definition) is 4. The van der Waals surface area contributed by atoms with Gasteiger partial charge in [0.15, 0.2) is 5.76 Å². The minimum atomic E-state index is -0.541. The van der Waals surface area contributed by atoms with Gasteiger partial charge in [-0.15, -0.1) is 0 Å². The van der Waals surface area contributed by atoms with Crippen molar-refractivity contribution in [3.63, 3.8) is 0 Å². The zero-order chi connectivity index (χ0) is 15.7. The molecule has 0 aliphatic heterocycles. The van der Waals surface area contributed by atoms with Gasteiger partial charge in [-0.2, -0.15) is 0 Å². The lowest BCUT2D eigenvalue weighted by Crippen LogP contribution is -2.13. The summed E-state index contributed by atoms with van der Waals surface area (Å²) in [5.74, 6) is -0.359. The van der Waals surface area contributed by atoms with Crippen molar-refractivity contribution in [1.29, 1.82) is 0 Å². The van der Waals surface area contributed by atoms with Crippen LogP contribution in [0.1, 0.15) is 16.1 Å². The molecular weight excluding hydrogens is 284 g/mol. The van der Waals surface area contributed by atoms with Gasteiger partial charge in [-0.3, -0.25) is 14.9 Å². The zero-order valence-corrected chi connectivity index (χ0v) is 11.7. The fraction of sp³-hybridized carbons (Fsp3) is 0.0625. The minimum Gasteiger partial charge on any atom is -0.451 e. The number of carbonyl (C=O) groups is 1. The number of carbonyl (C=O) groups excluding carboxylic acids is 1. The predicted octanol–water partition coefficient (Wildman–Crippen LogP) is 3.90. The first kappa shape index (κ1) is 13.8. The van der Waals surface area contributed by atoms with Crippen LogP contribution in [0.3, 0.4) is 0 Å². The van der Waals surface area contributed by atoms with Gasteiger partial charge in [-0.1, -0.05) is 30.3 Å². The lowest BCUT2D eigenvalue weighted by Gasteiger charge is -2.04. The Kier molecular flexibility index (Phi) is 3.34. The molecule has 0 bridgehead atoms. The van der Waals surface area contributed by atoms with Crippen LogP contribution in [0.4, 0.5) is 11.4 Å². The van der Waals surface area contributed by atoms with Crippen molar-refractivity contribution in [3.8, 4) is 0 Å². The largest absolute Gasteiger partial charge is 0.451 e. The molecule has 6 heteroatoms. The standard InChI is InChI=1S/C16H12N2O4/c1-10-11-6-2-5-9-14(11)22-15(10)16(19)17-12-7-3-4-8-13(12)18(20)21/h2-9H,1H3,(H,17,19). The van der Waals surface area contributed by atoms with E-state index in [1.807, 2.05) is 18.2 Å². The van der Waals surface area contributed by atoms with E-state index in [1.165, 1.54) is 12.1 Å². The molecule has 1 aromatic heterocycles. The van der Waals surface area contributed by atoms with Crippen molar-refractivity contribution in [1.82, 2.24) is 0 Å². The molecule has 0 atom stereocenters. The minimum absolute atomic E-state index is 0.136. The van der Waals surface area contributed by atoms with E-state index >= 15 is 0 Å². The highest BCUT2D eigenvalue weighted by Gasteiger charge is 2.20. The number of nitrogens with zero attached hydrogens (tertiary/aromatic N) is 1. The van der Waals surface area contributed by atoms with E-state index < -0.39 is 10.8 Å². The molecule has 0 unspecified atom stereocenters. The molecule has 0 aliphatic rings. The molecule has 1 N–H and O–H groups in total. The first-order chi connectivity index (χ1) is 10.6. The number of amides is 1. The van der Waals surface area contributed by atoms with E-state index in [4.69, 9.17) is 4.42 Å². The molecule has 110 valence electrons. The van der Waals surface area contributed by atoms with Gasteiger partial charge in [0, 0.05) is 17.0 Å². The van der Waals surface area contributed by atoms with Crippen molar-refractivity contribution in [3.05, 3.63) is 70.0 Å². The fourth-order valence-electron chi connectivity index (χ4n) is 2.31. The fourth-order valence-corrected chi connectivity index (χ4v) is 2.31. The van der Waals surface area contributed by atoms with Gasteiger partial charge in [0.05, 0.1) is 4.92 Å². The Hall–Kier alpha value is -3.15. The molecule has 0 aliphatic carbocycles. The van der Waals surface area contributed by atoms with E-state index in [0.717, 1.165) is 5.39 Å². The molecule has 0 spiro atoms. The summed E-state index contributed by atoms with van der Waals surface area (Å²) in [5.41, 5.74) is 1.28. The van der Waals surface area contributed by atoms with Gasteiger partial charge in [0.1, 0.15) is 11.3 Å². The third-order valence-electron chi connectivity index (χ3n) is 3.40. The van der Waals surface area contributed by atoms with Crippen molar-refractivity contribution < 1.29 is 14.1 Å². The summed E-state index contributed by atoms with van der Waals surface area (Å²) in [5, 5.41) is 14.4. The average Bonchev–Trinajstić information content (AvgIpc) is 2.85. The molecule has 22 heavy (non-hydrogen) atoms. The lowest BCUT2D eigenvalue weighted by molar-refractivity contribution is -0.383. The van der Waals surface area contributed by atoms with E-state index in [2.05, 4.69) is 5.32 Å². The third kappa shape index (κ3) is 2.31. The number of aryl methyl sites for hydroxylation is 1. The Labute approximate surface area is 125 Å². The second kappa shape index (κ2) is 5.33. The maximum absolute atomic E-state index is 12.4. The van der Waals surface area contributed by atoms with Crippen molar-refractivity contribution in [2.24, 2.45) is 0 Å². The van der Waals surface area contributed by atoms with Crippen LogP contribution in [-0.2, 0) is 0 Å². The number of nitro benzene ring substituents is 1. The summed E-state index contributed by atoms with van der Waals surface area (Å²) < 4.78 is 5.55. The highest BCUT2D eigenvalue weighted by Crippen LogP contribution is 2.28. The van der Waals surface area contributed by atoms with Crippen molar-refractivity contribution in [2.75, 3.05) is 5.32 Å². The summed E-state index contributed by atoms with van der Waals surface area (Å²) in [6, 6.07) is 13.3. The molecule has 1 heterocycles. The van der Waals surface area contributed by atoms with E-state index in [1.54, 1.807) is 25.1 Å². The summed E-state index contributed by atoms with van der Waals surface area (Å²) >= 11 is 0. The van der Waals surface area contributed by atoms with Crippen LogP contribution in [0.5, 0.6) is 0 Å². The van der Waals surface area contributed by atoms with Gasteiger partial charge < -0.3 is 9.73 Å². The number of rotatable bonds is 3. The SMILES string of the molecule is Cc1c(C(=O)Nc2ccccc2[N+](=O)[O-])oc2ccccc12. The molecule has 2 aromatic carbocycles. The average molecular weight is 296 g/mol. The number of nitrogens with one attached hydrogen (secondary N) is 1. The van der Waals surface area contributed by atoms with E-state index in [0.29, 0.717) is 11.1 Å². The predicted molar refractivity (Wildman–Crippen MR) is 82.0 cm³/mol. The van der Waals surface area contributed by atoms with Crippen molar-refractivity contribution in [2.45, 2.75) is 6.92 Å². The van der Waals surface area contributed by atoms with E-state index in [9.17, 15) is 14.9 Å². The topological polar surface area (TPSA) is 85.4 Å². The third-order valence-corrected chi connectivity index (χ3v) is 3.40. The summed E-state index contributed by atoms with van der Waals surface area (Å²) in [7, 11) is 0. The van der Waals surface area contributed by atoms with Gasteiger partial charge >= 0.3 is 0 Å². The monoisotopic (exact) mass is 296 g/mol. The molecule has 6 nitrogen and oxygen atoms in total. The number of furan rings is 1. The highest BCUT2D eigenvalue weighted by molar-refractivity contribution is 6.07. The van der Waals surface area contributed by atoms with Crippen LogP contribution in [0, 0.1) is 17.0 Å². The van der Waals surface area contributed by atoms with E-state index in [-0.39, 0.29) is 17.1 Å². The normalized spacial score (nSPS) is 10.6. The Bertz CT molecular complexity index is 883. The first-order valence-electron chi connectivity index (χ1n) is 6.61. The van der Waals surface area contributed by atoms with Crippen LogP contribution in [0.25, 0.3) is 11.0 Å². The molecule has 3 rings (SSSR count). The summed E-state index contributed by atoms with van der Waals surface area (Å²) in [6.07, 6.45) is 0. The maximum atomic E-state index is 12.4. The molecule has 0 saturated carbocycles. The maximum Gasteiger partial charge on any atom is 0.292 e. The number of hydrogen-bond donors (Lipinski definition) is 1. The smallest absolute Gasteiger partial charge is 0.292 e. The Morgan fingerprint density at radius 1 is 1.14 bits per heavy atom. The molecule has 0 radical (unpaired) electrons. The Morgan fingerprint density at radius 3 is 2.55 bits per heavy atom. The van der Waals surface area contributed by atoms with Gasteiger partial charge in [-0.05, 0) is 19.1 Å². The molecule has 1 amide bonds.